The number of aliphatic hydroxyl groups is 1. The standard InChI is InChI=1S/C24H26N2O3S2/c1-15-14-17(31-24(15)26-12-6-3-7-13-26)20-21(27)19(22(28)23(20)29)16-8-9-18(30-16)25-10-4-2-5-11-25/h8-9,14H,2-7,10-13H2,1H3/p+1. The van der Waals surface area contributed by atoms with Crippen molar-refractivity contribution in [1.82, 2.24) is 0 Å². The molecule has 0 aromatic carbocycles. The molecule has 0 unspecified atom stereocenters. The summed E-state index contributed by atoms with van der Waals surface area (Å²) in [7, 11) is 0. The second-order valence-electron chi connectivity index (χ2n) is 8.59. The molecule has 7 heteroatoms. The van der Waals surface area contributed by atoms with Gasteiger partial charge in [0.15, 0.2) is 0 Å². The zero-order valence-electron chi connectivity index (χ0n) is 17.8. The number of ketones is 2. The van der Waals surface area contributed by atoms with Gasteiger partial charge in [-0.25, -0.2) is 4.58 Å². The van der Waals surface area contributed by atoms with E-state index < -0.39 is 11.6 Å². The van der Waals surface area contributed by atoms with Crippen molar-refractivity contribution >= 4 is 50.3 Å². The Labute approximate surface area is 190 Å². The Morgan fingerprint density at radius 1 is 0.935 bits per heavy atom. The highest BCUT2D eigenvalue weighted by atomic mass is 32.2. The number of hydrogen-bond donors (Lipinski definition) is 1. The van der Waals surface area contributed by atoms with Gasteiger partial charge in [-0.2, -0.15) is 0 Å². The van der Waals surface area contributed by atoms with E-state index >= 15 is 0 Å². The second kappa shape index (κ2) is 8.43. The molecule has 2 fully saturated rings. The Hall–Kier alpha value is -2.12. The molecule has 0 bridgehead atoms. The Kier molecular flexibility index (Phi) is 5.65. The van der Waals surface area contributed by atoms with Crippen LogP contribution in [0.15, 0.2) is 40.0 Å². The minimum Gasteiger partial charge on any atom is -0.506 e. The normalized spacial score (nSPS) is 25.2. The predicted molar refractivity (Wildman–Crippen MR) is 127 cm³/mol. The van der Waals surface area contributed by atoms with Crippen LogP contribution in [0.1, 0.15) is 50.3 Å². The van der Waals surface area contributed by atoms with Gasteiger partial charge in [0, 0.05) is 41.3 Å². The van der Waals surface area contributed by atoms with Crippen LogP contribution in [-0.2, 0) is 9.59 Å². The van der Waals surface area contributed by atoms with Crippen molar-refractivity contribution in [3.8, 4) is 0 Å². The monoisotopic (exact) mass is 455 g/mol. The zero-order valence-corrected chi connectivity index (χ0v) is 19.4. The van der Waals surface area contributed by atoms with Gasteiger partial charge >= 0.3 is 0 Å². The smallest absolute Gasteiger partial charge is 0.242 e. The second-order valence-corrected chi connectivity index (χ2v) is 10.7. The van der Waals surface area contributed by atoms with Crippen LogP contribution in [-0.4, -0.2) is 52.5 Å². The molecule has 5 nitrogen and oxygen atoms in total. The molecule has 1 N–H and O–H groups in total. The molecule has 0 saturated carbocycles. The van der Waals surface area contributed by atoms with Crippen molar-refractivity contribution in [1.29, 1.82) is 0 Å². The fourth-order valence-corrected chi connectivity index (χ4v) is 7.14. The molecular weight excluding hydrogens is 428 g/mol. The molecule has 1 aromatic heterocycles. The van der Waals surface area contributed by atoms with Crippen LogP contribution in [0.2, 0.25) is 0 Å². The van der Waals surface area contributed by atoms with Gasteiger partial charge in [-0.15, -0.1) is 11.3 Å². The average molecular weight is 456 g/mol. The topological polar surface area (TPSA) is 60.6 Å². The molecule has 4 aliphatic rings. The maximum absolute atomic E-state index is 12.9. The van der Waals surface area contributed by atoms with E-state index in [0.29, 0.717) is 9.78 Å². The first kappa shape index (κ1) is 20.8. The number of allylic oxidation sites excluding steroid dienone is 3. The van der Waals surface area contributed by atoms with Gasteiger partial charge < -0.3 is 10.0 Å². The highest BCUT2D eigenvalue weighted by Gasteiger charge is 2.42. The van der Waals surface area contributed by atoms with Gasteiger partial charge in [-0.3, -0.25) is 9.59 Å². The molecule has 0 atom stereocenters. The summed E-state index contributed by atoms with van der Waals surface area (Å²) in [6, 6.07) is 3.87. The number of nitrogens with zero attached hydrogens (tertiary/aromatic N) is 2. The van der Waals surface area contributed by atoms with Crippen molar-refractivity contribution in [2.24, 2.45) is 0 Å². The van der Waals surface area contributed by atoms with Crippen molar-refractivity contribution in [2.45, 2.75) is 45.4 Å². The summed E-state index contributed by atoms with van der Waals surface area (Å²) in [4.78, 5) is 29.5. The first-order valence-electron chi connectivity index (χ1n) is 11.1. The van der Waals surface area contributed by atoms with Crippen LogP contribution in [0.4, 0.5) is 5.00 Å². The van der Waals surface area contributed by atoms with Gasteiger partial charge in [0.2, 0.25) is 16.6 Å². The van der Waals surface area contributed by atoms with E-state index in [4.69, 9.17) is 0 Å². The number of thiophene rings is 1. The number of thioether (sulfide) groups is 1. The van der Waals surface area contributed by atoms with Crippen molar-refractivity contribution in [3.05, 3.63) is 44.9 Å². The quantitative estimate of drug-likeness (QED) is 0.398. The summed E-state index contributed by atoms with van der Waals surface area (Å²) >= 11 is 3.01. The molecular formula is C24H27N2O3S2+. The van der Waals surface area contributed by atoms with E-state index in [1.807, 2.05) is 25.1 Å². The van der Waals surface area contributed by atoms with E-state index in [2.05, 4.69) is 9.48 Å². The number of piperidine rings is 2. The molecule has 2 saturated heterocycles. The minimum absolute atomic E-state index is 0.159. The summed E-state index contributed by atoms with van der Waals surface area (Å²) in [5.74, 6) is -1.34. The number of Topliss-reactive ketones (excluding diaryl/α,β-unsaturated/α-hetero) is 2. The Morgan fingerprint density at radius 2 is 1.61 bits per heavy atom. The Balaban J connectivity index is 1.49. The first-order chi connectivity index (χ1) is 15.0. The molecule has 162 valence electrons. The minimum atomic E-state index is -0.592. The van der Waals surface area contributed by atoms with Crippen molar-refractivity contribution < 1.29 is 19.3 Å². The summed E-state index contributed by atoms with van der Waals surface area (Å²) < 4.78 is 2.36. The number of hydrogen-bond acceptors (Lipinski definition) is 6. The Morgan fingerprint density at radius 3 is 2.35 bits per heavy atom. The fourth-order valence-electron chi connectivity index (χ4n) is 4.78. The van der Waals surface area contributed by atoms with Crippen LogP contribution < -0.4 is 4.90 Å². The first-order valence-corrected chi connectivity index (χ1v) is 12.8. The number of carbonyl (C=O) groups is 2. The highest BCUT2D eigenvalue weighted by molar-refractivity contribution is 8.18. The summed E-state index contributed by atoms with van der Waals surface area (Å²) in [5, 5.41) is 13.3. The fraction of sp³-hybridized carbons (Fsp3) is 0.458. The third kappa shape index (κ3) is 3.72. The van der Waals surface area contributed by atoms with Gasteiger partial charge in [-0.05, 0) is 62.6 Å². The van der Waals surface area contributed by atoms with Gasteiger partial charge in [0.25, 0.3) is 0 Å². The lowest BCUT2D eigenvalue weighted by atomic mass is 10.1. The molecule has 1 aromatic rings. The van der Waals surface area contributed by atoms with Gasteiger partial charge in [0.05, 0.1) is 16.1 Å². The van der Waals surface area contributed by atoms with Crippen LogP contribution in [0.5, 0.6) is 0 Å². The molecule has 1 aliphatic carbocycles. The third-order valence-electron chi connectivity index (χ3n) is 6.42. The van der Waals surface area contributed by atoms with Crippen LogP contribution in [0.25, 0.3) is 5.57 Å². The molecule has 5 rings (SSSR count). The average Bonchev–Trinajstić information content (AvgIpc) is 3.47. The molecule has 0 radical (unpaired) electrons. The van der Waals surface area contributed by atoms with Crippen molar-refractivity contribution in [3.63, 3.8) is 0 Å². The van der Waals surface area contributed by atoms with Gasteiger partial charge in [-0.1, -0.05) is 0 Å². The van der Waals surface area contributed by atoms with E-state index in [9.17, 15) is 14.7 Å². The van der Waals surface area contributed by atoms with E-state index in [0.717, 1.165) is 41.8 Å². The van der Waals surface area contributed by atoms with Crippen molar-refractivity contribution in [2.75, 3.05) is 31.1 Å². The highest BCUT2D eigenvalue weighted by Crippen LogP contribution is 2.43. The lowest BCUT2D eigenvalue weighted by Crippen LogP contribution is -2.28. The number of aliphatic hydroxyl groups excluding tert-OH is 1. The van der Waals surface area contributed by atoms with E-state index in [1.54, 1.807) is 0 Å². The SMILES string of the molecule is CC1=C/C(=C2/C(=O)C(=O)C(c3ccc(N4CCCCC4)s3)=C2O)SC1=[N+]1CCCCC1. The molecule has 0 amide bonds. The molecule has 0 spiro atoms. The summed E-state index contributed by atoms with van der Waals surface area (Å²) in [6.07, 6.45) is 9.15. The van der Waals surface area contributed by atoms with Crippen LogP contribution in [0.3, 0.4) is 0 Å². The maximum atomic E-state index is 12.9. The van der Waals surface area contributed by atoms with Gasteiger partial charge in [0.1, 0.15) is 18.8 Å². The lowest BCUT2D eigenvalue weighted by Gasteiger charge is -2.27. The maximum Gasteiger partial charge on any atom is 0.242 e. The Bertz CT molecular complexity index is 1080. The van der Waals surface area contributed by atoms with E-state index in [-0.39, 0.29) is 16.9 Å². The summed E-state index contributed by atoms with van der Waals surface area (Å²) in [6.45, 7) is 6.11. The molecule has 31 heavy (non-hydrogen) atoms. The van der Waals surface area contributed by atoms with Crippen LogP contribution in [0, 0.1) is 0 Å². The lowest BCUT2D eigenvalue weighted by molar-refractivity contribution is -0.534. The molecule has 4 heterocycles. The zero-order chi connectivity index (χ0) is 21.5. The largest absolute Gasteiger partial charge is 0.506 e. The number of rotatable bonds is 2. The third-order valence-corrected chi connectivity index (χ3v) is 8.90. The molecule has 3 aliphatic heterocycles. The summed E-state index contributed by atoms with van der Waals surface area (Å²) in [5.41, 5.74) is 1.43. The number of carbonyl (C=O) groups excluding carboxylic acids is 2. The number of anilines is 1. The van der Waals surface area contributed by atoms with Crippen LogP contribution >= 0.6 is 23.1 Å². The predicted octanol–water partition coefficient (Wildman–Crippen LogP) is 4.70. The van der Waals surface area contributed by atoms with E-state index in [1.165, 1.54) is 61.6 Å².